The van der Waals surface area contributed by atoms with Gasteiger partial charge >= 0.3 is 5.97 Å². The summed E-state index contributed by atoms with van der Waals surface area (Å²) in [6.07, 6.45) is 3.05. The molecule has 0 aliphatic rings. The van der Waals surface area contributed by atoms with E-state index in [0.717, 1.165) is 11.1 Å². The molecule has 10 heteroatoms. The first kappa shape index (κ1) is 20.5. The monoisotopic (exact) mass is 437 g/mol. The molecule has 4 rings (SSSR count). The van der Waals surface area contributed by atoms with Crippen LogP contribution in [0.4, 0.5) is 5.13 Å². The standard InChI is InChI=1S/C21H19N5O4S/c1-29-20(28)15-10-14(11-22-15)16-12-31-21(23-16)24-17(27)8-5-9-18-25-26-19(30-18)13-6-3-2-4-7-13/h2-4,6-7,10-12,22H,5,8-9H2,1H3,(H,23,24,27). The number of hydrogen-bond acceptors (Lipinski definition) is 8. The molecule has 0 saturated carbocycles. The number of carbonyl (C=O) groups is 2. The fraction of sp³-hybridized carbons (Fsp3) is 0.190. The van der Waals surface area contributed by atoms with Crippen molar-refractivity contribution in [1.82, 2.24) is 20.2 Å². The Kier molecular flexibility index (Phi) is 6.18. The highest BCUT2D eigenvalue weighted by Crippen LogP contribution is 2.26. The highest BCUT2D eigenvalue weighted by Gasteiger charge is 2.13. The topological polar surface area (TPSA) is 123 Å². The average molecular weight is 437 g/mol. The van der Waals surface area contributed by atoms with E-state index in [-0.39, 0.29) is 5.91 Å². The molecule has 0 bridgehead atoms. The minimum absolute atomic E-state index is 0.145. The molecule has 31 heavy (non-hydrogen) atoms. The number of aryl methyl sites for hydroxylation is 1. The van der Waals surface area contributed by atoms with Crippen molar-refractivity contribution < 1.29 is 18.7 Å². The normalized spacial score (nSPS) is 10.7. The molecule has 3 heterocycles. The van der Waals surface area contributed by atoms with Crippen LogP contribution in [0.15, 0.2) is 52.4 Å². The Balaban J connectivity index is 1.27. The Bertz CT molecular complexity index is 1180. The molecule has 0 aliphatic heterocycles. The van der Waals surface area contributed by atoms with Crippen molar-refractivity contribution in [2.45, 2.75) is 19.3 Å². The number of benzene rings is 1. The number of aromatic amines is 1. The van der Waals surface area contributed by atoms with Crippen LogP contribution >= 0.6 is 11.3 Å². The predicted octanol–water partition coefficient (Wildman–Crippen LogP) is 3.94. The number of amides is 1. The zero-order chi connectivity index (χ0) is 21.6. The maximum absolute atomic E-state index is 12.2. The van der Waals surface area contributed by atoms with Crippen molar-refractivity contribution in [1.29, 1.82) is 0 Å². The lowest BCUT2D eigenvalue weighted by Crippen LogP contribution is -2.11. The van der Waals surface area contributed by atoms with Gasteiger partial charge in [0.1, 0.15) is 5.69 Å². The molecule has 0 fully saturated rings. The smallest absolute Gasteiger partial charge is 0.354 e. The fourth-order valence-electron chi connectivity index (χ4n) is 2.87. The molecule has 4 aromatic rings. The van der Waals surface area contributed by atoms with E-state index in [1.54, 1.807) is 12.3 Å². The second-order valence-electron chi connectivity index (χ2n) is 6.60. The first-order valence-corrected chi connectivity index (χ1v) is 10.4. The van der Waals surface area contributed by atoms with Crippen LogP contribution in [0, 0.1) is 0 Å². The van der Waals surface area contributed by atoms with Crippen LogP contribution in [0.3, 0.4) is 0 Å². The van der Waals surface area contributed by atoms with Crippen molar-refractivity contribution >= 4 is 28.3 Å². The molecule has 0 unspecified atom stereocenters. The number of ether oxygens (including phenoxy) is 1. The molecule has 0 aliphatic carbocycles. The molecule has 3 aromatic heterocycles. The molecule has 9 nitrogen and oxygen atoms in total. The SMILES string of the molecule is COC(=O)c1cc(-c2csc(NC(=O)CCCc3nnc(-c4ccccc4)o3)n2)c[nH]1. The first-order chi connectivity index (χ1) is 15.1. The summed E-state index contributed by atoms with van der Waals surface area (Å²) < 4.78 is 10.3. The molecule has 2 N–H and O–H groups in total. The van der Waals surface area contributed by atoms with Gasteiger partial charge in [-0.1, -0.05) is 18.2 Å². The van der Waals surface area contributed by atoms with Crippen molar-refractivity contribution in [3.8, 4) is 22.7 Å². The Labute approximate surface area is 181 Å². The Morgan fingerprint density at radius 2 is 2.03 bits per heavy atom. The second-order valence-corrected chi connectivity index (χ2v) is 7.46. The number of H-pyrrole nitrogens is 1. The van der Waals surface area contributed by atoms with Crippen LogP contribution in [0.1, 0.15) is 29.2 Å². The number of hydrogen-bond donors (Lipinski definition) is 2. The van der Waals surface area contributed by atoms with Gasteiger partial charge in [-0.15, -0.1) is 21.5 Å². The summed E-state index contributed by atoms with van der Waals surface area (Å²) in [7, 11) is 1.32. The fourth-order valence-corrected chi connectivity index (χ4v) is 3.60. The van der Waals surface area contributed by atoms with E-state index >= 15 is 0 Å². The molecular formula is C21H19N5O4S. The van der Waals surface area contributed by atoms with Crippen LogP contribution in [0.5, 0.6) is 0 Å². The summed E-state index contributed by atoms with van der Waals surface area (Å²) in [4.78, 5) is 31.0. The summed E-state index contributed by atoms with van der Waals surface area (Å²) in [6.45, 7) is 0. The van der Waals surface area contributed by atoms with Gasteiger partial charge in [0, 0.05) is 35.5 Å². The highest BCUT2D eigenvalue weighted by molar-refractivity contribution is 7.14. The first-order valence-electron chi connectivity index (χ1n) is 9.52. The molecule has 0 spiro atoms. The minimum Gasteiger partial charge on any atom is -0.464 e. The van der Waals surface area contributed by atoms with E-state index in [9.17, 15) is 9.59 Å². The van der Waals surface area contributed by atoms with E-state index in [1.165, 1.54) is 18.4 Å². The van der Waals surface area contributed by atoms with E-state index < -0.39 is 5.97 Å². The van der Waals surface area contributed by atoms with Gasteiger partial charge in [-0.2, -0.15) is 0 Å². The number of nitrogens with one attached hydrogen (secondary N) is 2. The highest BCUT2D eigenvalue weighted by atomic mass is 32.1. The number of nitrogens with zero attached hydrogens (tertiary/aromatic N) is 3. The molecule has 1 aromatic carbocycles. The molecule has 1 amide bonds. The van der Waals surface area contributed by atoms with Gasteiger partial charge in [0.2, 0.25) is 17.7 Å². The van der Waals surface area contributed by atoms with Crippen LogP contribution in [-0.2, 0) is 16.0 Å². The van der Waals surface area contributed by atoms with Crippen LogP contribution in [0.25, 0.3) is 22.7 Å². The van der Waals surface area contributed by atoms with E-state index in [4.69, 9.17) is 4.42 Å². The third-order valence-corrected chi connectivity index (χ3v) is 5.17. The molecule has 0 saturated heterocycles. The summed E-state index contributed by atoms with van der Waals surface area (Å²) in [5.41, 5.74) is 2.60. The van der Waals surface area contributed by atoms with Gasteiger partial charge in [0.05, 0.1) is 12.8 Å². The predicted molar refractivity (Wildman–Crippen MR) is 115 cm³/mol. The second kappa shape index (κ2) is 9.35. The van der Waals surface area contributed by atoms with Gasteiger partial charge < -0.3 is 19.5 Å². The maximum atomic E-state index is 12.2. The summed E-state index contributed by atoms with van der Waals surface area (Å²) in [6, 6.07) is 11.2. The van der Waals surface area contributed by atoms with Gasteiger partial charge in [0.25, 0.3) is 0 Å². The van der Waals surface area contributed by atoms with E-state index in [2.05, 4.69) is 30.2 Å². The summed E-state index contributed by atoms with van der Waals surface area (Å²) in [5.74, 6) is 0.368. The molecule has 0 radical (unpaired) electrons. The minimum atomic E-state index is -0.452. The van der Waals surface area contributed by atoms with Gasteiger partial charge in [-0.25, -0.2) is 9.78 Å². The lowest BCUT2D eigenvalue weighted by molar-refractivity contribution is -0.116. The number of aromatic nitrogens is 4. The quantitative estimate of drug-likeness (QED) is 0.400. The van der Waals surface area contributed by atoms with Crippen molar-refractivity contribution in [2.24, 2.45) is 0 Å². The Hall–Kier alpha value is -3.79. The van der Waals surface area contributed by atoms with Gasteiger partial charge in [0.15, 0.2) is 5.13 Å². The summed E-state index contributed by atoms with van der Waals surface area (Å²) >= 11 is 1.31. The lowest BCUT2D eigenvalue weighted by atomic mass is 10.2. The zero-order valence-corrected chi connectivity index (χ0v) is 17.4. The van der Waals surface area contributed by atoms with Crippen molar-refractivity contribution in [3.63, 3.8) is 0 Å². The average Bonchev–Trinajstić information content (AvgIpc) is 3.54. The number of esters is 1. The van der Waals surface area contributed by atoms with Crippen molar-refractivity contribution in [3.05, 3.63) is 59.6 Å². The van der Waals surface area contributed by atoms with Gasteiger partial charge in [-0.3, -0.25) is 4.79 Å². The molecule has 0 atom stereocenters. The van der Waals surface area contributed by atoms with E-state index in [1.807, 2.05) is 35.7 Å². The van der Waals surface area contributed by atoms with Gasteiger partial charge in [-0.05, 0) is 24.6 Å². The largest absolute Gasteiger partial charge is 0.464 e. The molecular weight excluding hydrogens is 418 g/mol. The zero-order valence-electron chi connectivity index (χ0n) is 16.6. The lowest BCUT2D eigenvalue weighted by Gasteiger charge is -2.00. The number of carbonyl (C=O) groups excluding carboxylic acids is 2. The molecule has 158 valence electrons. The van der Waals surface area contributed by atoms with Crippen LogP contribution < -0.4 is 5.32 Å². The number of rotatable bonds is 8. The number of methoxy groups -OCH3 is 1. The number of anilines is 1. The third kappa shape index (κ3) is 5.04. The Morgan fingerprint density at radius 1 is 1.19 bits per heavy atom. The van der Waals surface area contributed by atoms with Crippen LogP contribution in [0.2, 0.25) is 0 Å². The number of thiazole rings is 1. The maximum Gasteiger partial charge on any atom is 0.354 e. The third-order valence-electron chi connectivity index (χ3n) is 4.42. The Morgan fingerprint density at radius 3 is 2.84 bits per heavy atom. The van der Waals surface area contributed by atoms with Crippen molar-refractivity contribution in [2.75, 3.05) is 12.4 Å². The summed E-state index contributed by atoms with van der Waals surface area (Å²) in [5, 5.41) is 13.2. The van der Waals surface area contributed by atoms with E-state index in [0.29, 0.717) is 47.6 Å². The van der Waals surface area contributed by atoms with Crippen LogP contribution in [-0.4, -0.2) is 39.2 Å².